The molecule has 4 heteroatoms. The van der Waals surface area contributed by atoms with E-state index in [0.29, 0.717) is 0 Å². The highest BCUT2D eigenvalue weighted by Crippen LogP contribution is 2.34. The number of nitrogens with zero attached hydrogens (tertiary/aromatic N) is 2. The van der Waals surface area contributed by atoms with Crippen molar-refractivity contribution >= 4 is 17.3 Å². The molecule has 3 rings (SSSR count). The molecule has 2 heterocycles. The van der Waals surface area contributed by atoms with Crippen LogP contribution in [0.5, 0.6) is 0 Å². The Morgan fingerprint density at radius 3 is 2.96 bits per heavy atom. The Morgan fingerprint density at radius 1 is 1.43 bits per heavy atom. The monoisotopic (exact) mass is 311 g/mol. The summed E-state index contributed by atoms with van der Waals surface area (Å²) in [7, 11) is 0. The molecule has 2 aliphatic rings. The second-order valence-electron chi connectivity index (χ2n) is 6.51. The molecule has 2 unspecified atom stereocenters. The first kappa shape index (κ1) is 15.9. The van der Waals surface area contributed by atoms with E-state index in [1.807, 2.05) is 29.3 Å². The summed E-state index contributed by atoms with van der Waals surface area (Å²) in [5.41, 5.74) is 10.6. The summed E-state index contributed by atoms with van der Waals surface area (Å²) in [4.78, 5) is 19.3. The molecule has 1 aromatic rings. The highest BCUT2D eigenvalue weighted by Gasteiger charge is 2.35. The summed E-state index contributed by atoms with van der Waals surface area (Å²) in [6, 6.07) is 7.67. The number of anilines is 1. The van der Waals surface area contributed by atoms with Gasteiger partial charge in [-0.3, -0.25) is 9.79 Å². The number of hydrogen-bond donors (Lipinski definition) is 1. The fraction of sp³-hybridized carbons (Fsp3) is 0.474. The van der Waals surface area contributed by atoms with Crippen molar-refractivity contribution < 1.29 is 4.79 Å². The molecule has 0 saturated carbocycles. The summed E-state index contributed by atoms with van der Waals surface area (Å²) in [5.74, 6) is -0.0196. The molecule has 0 radical (unpaired) electrons. The maximum atomic E-state index is 12.8. The lowest BCUT2D eigenvalue weighted by Crippen LogP contribution is -2.53. The van der Waals surface area contributed by atoms with Crippen molar-refractivity contribution in [2.75, 3.05) is 4.90 Å². The van der Waals surface area contributed by atoms with Gasteiger partial charge in [0.1, 0.15) is 0 Å². The molecule has 0 spiro atoms. The van der Waals surface area contributed by atoms with Crippen LogP contribution in [0.2, 0.25) is 0 Å². The molecule has 4 nitrogen and oxygen atoms in total. The van der Waals surface area contributed by atoms with Crippen molar-refractivity contribution in [1.82, 2.24) is 0 Å². The molecule has 23 heavy (non-hydrogen) atoms. The van der Waals surface area contributed by atoms with Crippen LogP contribution < -0.4 is 10.6 Å². The quantitative estimate of drug-likeness (QED) is 0.928. The molecule has 2 aliphatic heterocycles. The van der Waals surface area contributed by atoms with Gasteiger partial charge in [-0.15, -0.1) is 0 Å². The first-order chi connectivity index (χ1) is 11.1. The molecule has 0 bridgehead atoms. The minimum atomic E-state index is -0.506. The number of aliphatic imine (C=N–C) groups is 1. The minimum absolute atomic E-state index is 0.0196. The van der Waals surface area contributed by atoms with Crippen LogP contribution in [-0.2, 0) is 11.2 Å². The number of carbonyl (C=O) groups excluding carboxylic acids is 1. The van der Waals surface area contributed by atoms with Crippen LogP contribution in [0.1, 0.15) is 45.1 Å². The SMILES string of the molecule is CCCC1=CN=C(C2CCc3ccccc3N2C(=O)C(C)N)C1. The molecule has 0 saturated heterocycles. The largest absolute Gasteiger partial charge is 0.320 e. The molecule has 2 N–H and O–H groups in total. The molecule has 0 aromatic heterocycles. The van der Waals surface area contributed by atoms with Crippen LogP contribution in [0.15, 0.2) is 41.0 Å². The van der Waals surface area contributed by atoms with Gasteiger partial charge >= 0.3 is 0 Å². The second kappa shape index (κ2) is 6.67. The molecule has 1 amide bonds. The number of amides is 1. The van der Waals surface area contributed by atoms with Gasteiger partial charge in [-0.1, -0.05) is 31.5 Å². The van der Waals surface area contributed by atoms with Gasteiger partial charge in [-0.2, -0.15) is 0 Å². The first-order valence-corrected chi connectivity index (χ1v) is 8.52. The summed E-state index contributed by atoms with van der Waals surface area (Å²) < 4.78 is 0. The predicted octanol–water partition coefficient (Wildman–Crippen LogP) is 3.21. The van der Waals surface area contributed by atoms with E-state index in [2.05, 4.69) is 18.0 Å². The minimum Gasteiger partial charge on any atom is -0.320 e. The molecule has 2 atom stereocenters. The number of nitrogens with two attached hydrogens (primary N) is 1. The van der Waals surface area contributed by atoms with Gasteiger partial charge in [-0.25, -0.2) is 0 Å². The van der Waals surface area contributed by atoms with Crippen LogP contribution in [0.4, 0.5) is 5.69 Å². The van der Waals surface area contributed by atoms with Crippen molar-refractivity contribution in [3.8, 4) is 0 Å². The predicted molar refractivity (Wildman–Crippen MR) is 94.7 cm³/mol. The lowest BCUT2D eigenvalue weighted by atomic mass is 9.90. The van der Waals surface area contributed by atoms with Crippen LogP contribution >= 0.6 is 0 Å². The van der Waals surface area contributed by atoms with Gasteiger partial charge < -0.3 is 10.6 Å². The third-order valence-electron chi connectivity index (χ3n) is 4.65. The number of aryl methyl sites for hydroxylation is 1. The van der Waals surface area contributed by atoms with E-state index in [0.717, 1.165) is 43.5 Å². The van der Waals surface area contributed by atoms with Gasteiger partial charge in [-0.05, 0) is 43.4 Å². The Morgan fingerprint density at radius 2 is 2.22 bits per heavy atom. The zero-order valence-corrected chi connectivity index (χ0v) is 14.0. The number of allylic oxidation sites excluding steroid dienone is 1. The summed E-state index contributed by atoms with van der Waals surface area (Å²) in [5, 5.41) is 0. The van der Waals surface area contributed by atoms with Gasteiger partial charge in [0, 0.05) is 24.0 Å². The van der Waals surface area contributed by atoms with E-state index < -0.39 is 6.04 Å². The Balaban J connectivity index is 1.90. The molecular formula is C19H25N3O. The number of fused-ring (bicyclic) bond motifs is 1. The first-order valence-electron chi connectivity index (χ1n) is 8.52. The number of para-hydroxylation sites is 1. The Hall–Kier alpha value is -1.94. The number of rotatable bonds is 4. The third-order valence-corrected chi connectivity index (χ3v) is 4.65. The molecule has 122 valence electrons. The average Bonchev–Trinajstić information content (AvgIpc) is 3.02. The van der Waals surface area contributed by atoms with Gasteiger partial charge in [0.25, 0.3) is 0 Å². The molecule has 1 aromatic carbocycles. The van der Waals surface area contributed by atoms with Crippen molar-refractivity contribution in [2.24, 2.45) is 10.7 Å². The smallest absolute Gasteiger partial charge is 0.244 e. The topological polar surface area (TPSA) is 58.7 Å². The average molecular weight is 311 g/mol. The molecule has 0 fully saturated rings. The van der Waals surface area contributed by atoms with E-state index in [4.69, 9.17) is 5.73 Å². The highest BCUT2D eigenvalue weighted by molar-refractivity contribution is 6.07. The standard InChI is InChI=1S/C19H25N3O/c1-3-6-14-11-16(21-12-14)18-10-9-15-7-4-5-8-17(15)22(18)19(23)13(2)20/h4-5,7-8,12-13,18H,3,6,9-11,20H2,1-2H3. The van der Waals surface area contributed by atoms with E-state index in [1.54, 1.807) is 6.92 Å². The fourth-order valence-electron chi connectivity index (χ4n) is 3.53. The fourth-order valence-corrected chi connectivity index (χ4v) is 3.53. The maximum absolute atomic E-state index is 12.8. The summed E-state index contributed by atoms with van der Waals surface area (Å²) in [6.07, 6.45) is 6.99. The number of carbonyl (C=O) groups is 1. The maximum Gasteiger partial charge on any atom is 0.244 e. The Labute approximate surface area is 138 Å². The van der Waals surface area contributed by atoms with Crippen LogP contribution in [0.25, 0.3) is 0 Å². The zero-order chi connectivity index (χ0) is 16.4. The van der Waals surface area contributed by atoms with Crippen molar-refractivity contribution in [3.63, 3.8) is 0 Å². The lowest BCUT2D eigenvalue weighted by Gasteiger charge is -2.38. The Kier molecular flexibility index (Phi) is 4.62. The second-order valence-corrected chi connectivity index (χ2v) is 6.51. The van der Waals surface area contributed by atoms with Gasteiger partial charge in [0.15, 0.2) is 0 Å². The molecular weight excluding hydrogens is 286 g/mol. The lowest BCUT2D eigenvalue weighted by molar-refractivity contribution is -0.119. The van der Waals surface area contributed by atoms with E-state index in [1.165, 1.54) is 11.1 Å². The van der Waals surface area contributed by atoms with Gasteiger partial charge in [0.05, 0.1) is 12.1 Å². The van der Waals surface area contributed by atoms with E-state index >= 15 is 0 Å². The highest BCUT2D eigenvalue weighted by atomic mass is 16.2. The van der Waals surface area contributed by atoms with E-state index in [-0.39, 0.29) is 11.9 Å². The zero-order valence-electron chi connectivity index (χ0n) is 14.0. The van der Waals surface area contributed by atoms with E-state index in [9.17, 15) is 4.79 Å². The van der Waals surface area contributed by atoms with Crippen molar-refractivity contribution in [3.05, 3.63) is 41.6 Å². The van der Waals surface area contributed by atoms with Gasteiger partial charge in [0.2, 0.25) is 5.91 Å². The van der Waals surface area contributed by atoms with Crippen LogP contribution in [-0.4, -0.2) is 23.7 Å². The van der Waals surface area contributed by atoms with Crippen LogP contribution in [0.3, 0.4) is 0 Å². The van der Waals surface area contributed by atoms with Crippen molar-refractivity contribution in [2.45, 2.75) is 58.0 Å². The molecule has 0 aliphatic carbocycles. The number of hydrogen-bond acceptors (Lipinski definition) is 3. The van der Waals surface area contributed by atoms with Crippen molar-refractivity contribution in [1.29, 1.82) is 0 Å². The summed E-state index contributed by atoms with van der Waals surface area (Å²) >= 11 is 0. The Bertz CT molecular complexity index is 660. The third kappa shape index (κ3) is 3.08. The van der Waals surface area contributed by atoms with Crippen LogP contribution in [0, 0.1) is 0 Å². The normalized spacial score (nSPS) is 21.5. The summed E-state index contributed by atoms with van der Waals surface area (Å²) in [6.45, 7) is 3.94. The number of benzene rings is 1.